The molecule has 0 saturated heterocycles. The van der Waals surface area contributed by atoms with Crippen molar-refractivity contribution < 1.29 is 4.42 Å². The van der Waals surface area contributed by atoms with Crippen molar-refractivity contribution in [2.45, 2.75) is 9.79 Å². The highest BCUT2D eigenvalue weighted by molar-refractivity contribution is 7.99. The van der Waals surface area contributed by atoms with E-state index in [-0.39, 0.29) is 0 Å². The van der Waals surface area contributed by atoms with Gasteiger partial charge >= 0.3 is 0 Å². The smallest absolute Gasteiger partial charge is 0.136 e. The molecule has 8 aromatic rings. The van der Waals surface area contributed by atoms with Crippen LogP contribution in [0.1, 0.15) is 0 Å². The fourth-order valence-corrected chi connectivity index (χ4v) is 7.61. The zero-order valence-electron chi connectivity index (χ0n) is 22.7. The molecule has 0 bridgehead atoms. The van der Waals surface area contributed by atoms with Crippen molar-refractivity contribution in [3.63, 3.8) is 0 Å². The van der Waals surface area contributed by atoms with Crippen molar-refractivity contribution in [1.82, 2.24) is 0 Å². The number of furan rings is 1. The predicted octanol–water partition coefficient (Wildman–Crippen LogP) is 11.9. The van der Waals surface area contributed by atoms with Crippen LogP contribution in [0.2, 0.25) is 0 Å². The van der Waals surface area contributed by atoms with Gasteiger partial charge < -0.3 is 4.42 Å². The molecule has 0 saturated carbocycles. The molecule has 0 atom stereocenters. The van der Waals surface area contributed by atoms with Crippen LogP contribution >= 0.6 is 11.8 Å². The monoisotopic (exact) mass is 552 g/mol. The van der Waals surface area contributed by atoms with Gasteiger partial charge in [-0.1, -0.05) is 121 Å². The zero-order valence-corrected chi connectivity index (χ0v) is 23.5. The second-order valence-corrected chi connectivity index (χ2v) is 12.0. The van der Waals surface area contributed by atoms with Crippen LogP contribution in [0.4, 0.5) is 0 Å². The summed E-state index contributed by atoms with van der Waals surface area (Å²) < 4.78 is 6.13. The highest BCUT2D eigenvalue weighted by atomic mass is 32.2. The Bertz CT molecular complexity index is 2320. The quantitative estimate of drug-likeness (QED) is 0.216. The van der Waals surface area contributed by atoms with Gasteiger partial charge in [-0.25, -0.2) is 0 Å². The number of fused-ring (bicyclic) bond motifs is 5. The lowest BCUT2D eigenvalue weighted by Crippen LogP contribution is -1.93. The van der Waals surface area contributed by atoms with Gasteiger partial charge in [-0.3, -0.25) is 0 Å². The lowest BCUT2D eigenvalue weighted by atomic mass is 9.93. The minimum absolute atomic E-state index is 0.925. The van der Waals surface area contributed by atoms with Crippen molar-refractivity contribution in [2.24, 2.45) is 0 Å². The van der Waals surface area contributed by atoms with Crippen LogP contribution in [0.25, 0.3) is 77.2 Å². The molecule has 0 unspecified atom stereocenters. The molecule has 0 aliphatic carbocycles. The molecule has 42 heavy (non-hydrogen) atoms. The third-order valence-corrected chi connectivity index (χ3v) is 9.62. The second-order valence-electron chi connectivity index (χ2n) is 10.9. The third-order valence-electron chi connectivity index (χ3n) is 8.48. The molecule has 1 aromatic heterocycles. The summed E-state index contributed by atoms with van der Waals surface area (Å²) in [5.41, 5.74) is 11.8. The minimum Gasteiger partial charge on any atom is -0.456 e. The van der Waals surface area contributed by atoms with E-state index >= 15 is 0 Å². The molecule has 1 nitrogen and oxygen atoms in total. The molecule has 0 radical (unpaired) electrons. The van der Waals surface area contributed by atoms with Gasteiger partial charge in [0.25, 0.3) is 0 Å². The average molecular weight is 553 g/mol. The molecule has 0 amide bonds. The lowest BCUT2D eigenvalue weighted by molar-refractivity contribution is 0.669. The van der Waals surface area contributed by atoms with E-state index < -0.39 is 0 Å². The molecule has 2 heteroatoms. The minimum atomic E-state index is 0.925. The van der Waals surface area contributed by atoms with Crippen molar-refractivity contribution in [3.8, 4) is 44.5 Å². The van der Waals surface area contributed by atoms with Gasteiger partial charge in [-0.05, 0) is 86.3 Å². The number of para-hydroxylation sites is 1. The Kier molecular flexibility index (Phi) is 5.20. The van der Waals surface area contributed by atoms with Crippen molar-refractivity contribution in [3.05, 3.63) is 146 Å². The molecular weight excluding hydrogens is 529 g/mol. The van der Waals surface area contributed by atoms with E-state index in [1.54, 1.807) is 0 Å². The number of benzene rings is 7. The molecule has 7 aromatic carbocycles. The first-order valence-corrected chi connectivity index (χ1v) is 15.1. The van der Waals surface area contributed by atoms with Crippen LogP contribution < -0.4 is 0 Å². The Balaban J connectivity index is 1.09. The molecule has 0 spiro atoms. The first kappa shape index (κ1) is 23.6. The maximum Gasteiger partial charge on any atom is 0.136 e. The van der Waals surface area contributed by atoms with Crippen molar-refractivity contribution >= 4 is 44.5 Å². The zero-order chi connectivity index (χ0) is 27.6. The number of hydrogen-bond acceptors (Lipinski definition) is 2. The fraction of sp³-hybridized carbons (Fsp3) is 0. The van der Waals surface area contributed by atoms with E-state index in [1.165, 1.54) is 70.5 Å². The first-order chi connectivity index (χ1) is 20.8. The topological polar surface area (TPSA) is 13.1 Å². The van der Waals surface area contributed by atoms with Crippen LogP contribution in [0.3, 0.4) is 0 Å². The highest BCUT2D eigenvalue weighted by Crippen LogP contribution is 2.48. The fourth-order valence-electron chi connectivity index (χ4n) is 6.48. The molecule has 196 valence electrons. The van der Waals surface area contributed by atoms with Gasteiger partial charge in [0, 0.05) is 25.9 Å². The normalized spacial score (nSPS) is 12.2. The molecule has 0 N–H and O–H groups in total. The van der Waals surface area contributed by atoms with Gasteiger partial charge in [-0.15, -0.1) is 0 Å². The van der Waals surface area contributed by atoms with E-state index in [2.05, 4.69) is 133 Å². The van der Waals surface area contributed by atoms with Crippen LogP contribution in [0, 0.1) is 0 Å². The number of hydrogen-bond donors (Lipinski definition) is 0. The van der Waals surface area contributed by atoms with Gasteiger partial charge in [0.05, 0.1) is 0 Å². The standard InChI is InChI=1S/C40H24OS/c1-2-14-35-33(11-1)40-31(12-6-15-36(40)41-35)26-19-17-25(18-20-26)28-9-3-10-29(23-28)30-21-22-37-34(24-30)32-13-4-7-27-8-5-16-38(42-37)39(27)32/h1-24H. The summed E-state index contributed by atoms with van der Waals surface area (Å²) in [7, 11) is 0. The molecule has 1 aliphatic rings. The highest BCUT2D eigenvalue weighted by Gasteiger charge is 2.19. The maximum absolute atomic E-state index is 6.13. The van der Waals surface area contributed by atoms with E-state index in [1.807, 2.05) is 23.9 Å². The Morgan fingerprint density at radius 1 is 0.381 bits per heavy atom. The largest absolute Gasteiger partial charge is 0.456 e. The molecule has 1 aliphatic heterocycles. The summed E-state index contributed by atoms with van der Waals surface area (Å²) in [4.78, 5) is 2.66. The van der Waals surface area contributed by atoms with Gasteiger partial charge in [0.15, 0.2) is 0 Å². The van der Waals surface area contributed by atoms with Gasteiger partial charge in [-0.2, -0.15) is 0 Å². The summed E-state index contributed by atoms with van der Waals surface area (Å²) in [5, 5.41) is 4.99. The predicted molar refractivity (Wildman–Crippen MR) is 177 cm³/mol. The van der Waals surface area contributed by atoms with Gasteiger partial charge in [0.1, 0.15) is 11.2 Å². The summed E-state index contributed by atoms with van der Waals surface area (Å²) in [5.74, 6) is 0. The second kappa shape index (κ2) is 9.24. The lowest BCUT2D eigenvalue weighted by Gasteiger charge is -2.21. The summed E-state index contributed by atoms with van der Waals surface area (Å²) in [6.07, 6.45) is 0. The first-order valence-electron chi connectivity index (χ1n) is 14.3. The Hall–Kier alpha value is -5.05. The van der Waals surface area contributed by atoms with Crippen LogP contribution in [0.15, 0.2) is 160 Å². The Labute approximate surface area is 248 Å². The van der Waals surface area contributed by atoms with Crippen LogP contribution in [0.5, 0.6) is 0 Å². The average Bonchev–Trinajstić information content (AvgIpc) is 3.44. The van der Waals surface area contributed by atoms with E-state index in [0.717, 1.165) is 16.6 Å². The Morgan fingerprint density at radius 2 is 1.05 bits per heavy atom. The summed E-state index contributed by atoms with van der Waals surface area (Å²) >= 11 is 1.87. The third kappa shape index (κ3) is 3.66. The molecular formula is C40H24OS. The maximum atomic E-state index is 6.13. The molecule has 2 heterocycles. The summed E-state index contributed by atoms with van der Waals surface area (Å²) in [6, 6.07) is 52.6. The summed E-state index contributed by atoms with van der Waals surface area (Å²) in [6.45, 7) is 0. The SMILES string of the molecule is c1cc(-c2ccc(-c3cccc4oc5ccccc5c34)cc2)cc(-c2ccc3c(c2)-c2cccc4cccc(c24)S3)c1. The van der Waals surface area contributed by atoms with E-state index in [9.17, 15) is 0 Å². The van der Waals surface area contributed by atoms with Crippen LogP contribution in [-0.2, 0) is 0 Å². The van der Waals surface area contributed by atoms with E-state index in [0.29, 0.717) is 0 Å². The molecule has 9 rings (SSSR count). The van der Waals surface area contributed by atoms with E-state index in [4.69, 9.17) is 4.42 Å². The molecule has 0 fully saturated rings. The Morgan fingerprint density at radius 3 is 1.95 bits per heavy atom. The van der Waals surface area contributed by atoms with Gasteiger partial charge in [0.2, 0.25) is 0 Å². The van der Waals surface area contributed by atoms with Crippen LogP contribution in [-0.4, -0.2) is 0 Å². The van der Waals surface area contributed by atoms with Crippen molar-refractivity contribution in [2.75, 3.05) is 0 Å². The number of rotatable bonds is 3. The van der Waals surface area contributed by atoms with Crippen molar-refractivity contribution in [1.29, 1.82) is 0 Å².